The first-order chi connectivity index (χ1) is 9.31. The molecule has 20 heavy (non-hydrogen) atoms. The van der Waals surface area contributed by atoms with Crippen LogP contribution in [0, 0.1) is 17.5 Å². The molecule has 7 heteroatoms. The van der Waals surface area contributed by atoms with Crippen LogP contribution in [0.1, 0.15) is 27.8 Å². The minimum Gasteiger partial charge on any atom is -0.477 e. The summed E-state index contributed by atoms with van der Waals surface area (Å²) in [5, 5.41) is 9.02. The Kier molecular flexibility index (Phi) is 3.35. The van der Waals surface area contributed by atoms with Crippen LogP contribution in [0.4, 0.5) is 13.2 Å². The van der Waals surface area contributed by atoms with Gasteiger partial charge in [-0.3, -0.25) is 4.79 Å². The molecule has 1 aromatic carbocycles. The summed E-state index contributed by atoms with van der Waals surface area (Å²) in [6, 6.07) is 2.37. The third-order valence-corrected chi connectivity index (χ3v) is 2.69. The minimum absolute atomic E-state index is 0.0625. The maximum Gasteiger partial charge on any atom is 0.352 e. The number of ketones is 1. The standard InChI is InChI=1S/C13H8F3NO3/c1-6(18)7-2-11(13(19)20)17(5-7)8-3-9(14)12(16)10(15)4-8/h2-5H,1H3,(H,19,20). The Labute approximate surface area is 111 Å². The van der Waals surface area contributed by atoms with Crippen molar-refractivity contribution in [1.82, 2.24) is 4.57 Å². The van der Waals surface area contributed by atoms with E-state index in [0.29, 0.717) is 12.1 Å². The number of rotatable bonds is 3. The number of aromatic carboxylic acids is 1. The molecule has 1 aromatic heterocycles. The van der Waals surface area contributed by atoms with E-state index in [0.717, 1.165) is 16.8 Å². The largest absolute Gasteiger partial charge is 0.477 e. The van der Waals surface area contributed by atoms with Gasteiger partial charge in [0.2, 0.25) is 0 Å². The van der Waals surface area contributed by atoms with Crippen LogP contribution in [0.2, 0.25) is 0 Å². The zero-order valence-electron chi connectivity index (χ0n) is 10.2. The number of carboxylic acid groups (broad SMARTS) is 1. The zero-order valence-corrected chi connectivity index (χ0v) is 10.2. The van der Waals surface area contributed by atoms with Gasteiger partial charge in [0.25, 0.3) is 0 Å². The second-order valence-electron chi connectivity index (χ2n) is 4.07. The predicted octanol–water partition coefficient (Wildman–Crippen LogP) is 2.80. The highest BCUT2D eigenvalue weighted by atomic mass is 19.2. The molecule has 0 aliphatic heterocycles. The first kappa shape index (κ1) is 13.9. The van der Waals surface area contributed by atoms with Crippen molar-refractivity contribution in [2.75, 3.05) is 0 Å². The number of nitrogens with zero attached hydrogens (tertiary/aromatic N) is 1. The predicted molar refractivity (Wildman–Crippen MR) is 62.6 cm³/mol. The summed E-state index contributed by atoms with van der Waals surface area (Å²) in [7, 11) is 0. The van der Waals surface area contributed by atoms with E-state index < -0.39 is 29.2 Å². The molecule has 1 N–H and O–H groups in total. The van der Waals surface area contributed by atoms with Crippen LogP contribution >= 0.6 is 0 Å². The molecule has 0 unspecified atom stereocenters. The van der Waals surface area contributed by atoms with Gasteiger partial charge in [0.1, 0.15) is 5.69 Å². The van der Waals surface area contributed by atoms with E-state index in [1.165, 1.54) is 6.92 Å². The molecular weight excluding hydrogens is 275 g/mol. The van der Waals surface area contributed by atoms with Gasteiger partial charge in [0.05, 0.1) is 5.69 Å². The lowest BCUT2D eigenvalue weighted by atomic mass is 10.2. The zero-order chi connectivity index (χ0) is 15.0. The molecule has 0 saturated carbocycles. The Morgan fingerprint density at radius 2 is 1.65 bits per heavy atom. The number of carbonyl (C=O) groups excluding carboxylic acids is 1. The molecule has 0 saturated heterocycles. The summed E-state index contributed by atoms with van der Waals surface area (Å²) in [5.74, 6) is -6.34. The van der Waals surface area contributed by atoms with E-state index in [1.807, 2.05) is 0 Å². The number of carboxylic acids is 1. The van der Waals surface area contributed by atoms with Crippen molar-refractivity contribution in [3.05, 3.63) is 53.1 Å². The molecule has 0 radical (unpaired) electrons. The summed E-state index contributed by atoms with van der Waals surface area (Å²) in [6.45, 7) is 1.22. The van der Waals surface area contributed by atoms with E-state index in [1.54, 1.807) is 0 Å². The SMILES string of the molecule is CC(=O)c1cc(C(=O)O)n(-c2cc(F)c(F)c(F)c2)c1. The average Bonchev–Trinajstić information content (AvgIpc) is 2.80. The molecule has 4 nitrogen and oxygen atoms in total. The van der Waals surface area contributed by atoms with Gasteiger partial charge in [-0.15, -0.1) is 0 Å². The maximum atomic E-state index is 13.2. The van der Waals surface area contributed by atoms with E-state index in [-0.39, 0.29) is 16.9 Å². The van der Waals surface area contributed by atoms with Crippen LogP contribution < -0.4 is 0 Å². The van der Waals surface area contributed by atoms with E-state index in [2.05, 4.69) is 0 Å². The highest BCUT2D eigenvalue weighted by Crippen LogP contribution is 2.21. The molecule has 0 atom stereocenters. The number of aromatic nitrogens is 1. The van der Waals surface area contributed by atoms with Gasteiger partial charge < -0.3 is 9.67 Å². The molecule has 0 fully saturated rings. The molecule has 0 bridgehead atoms. The van der Waals surface area contributed by atoms with Gasteiger partial charge >= 0.3 is 5.97 Å². The van der Waals surface area contributed by atoms with E-state index in [9.17, 15) is 22.8 Å². The first-order valence-electron chi connectivity index (χ1n) is 5.42. The molecule has 0 aliphatic carbocycles. The number of Topliss-reactive ketones (excluding diaryl/α,β-unsaturated/α-hetero) is 1. The van der Waals surface area contributed by atoms with Gasteiger partial charge in [-0.05, 0) is 13.0 Å². The second-order valence-corrected chi connectivity index (χ2v) is 4.07. The van der Waals surface area contributed by atoms with Gasteiger partial charge in [0, 0.05) is 23.9 Å². The van der Waals surface area contributed by atoms with Crippen molar-refractivity contribution >= 4 is 11.8 Å². The summed E-state index contributed by atoms with van der Waals surface area (Å²) in [6.07, 6.45) is 1.12. The number of carbonyl (C=O) groups is 2. The van der Waals surface area contributed by atoms with Crippen LogP contribution in [0.25, 0.3) is 5.69 Å². The number of halogens is 3. The van der Waals surface area contributed by atoms with Gasteiger partial charge in [-0.1, -0.05) is 0 Å². The Hall–Kier alpha value is -2.57. The third kappa shape index (κ3) is 2.29. The summed E-state index contributed by atoms with van der Waals surface area (Å²) >= 11 is 0. The Bertz CT molecular complexity index is 699. The lowest BCUT2D eigenvalue weighted by molar-refractivity contribution is 0.0688. The fourth-order valence-electron chi connectivity index (χ4n) is 1.71. The van der Waals surface area contributed by atoms with Crippen molar-refractivity contribution in [3.8, 4) is 5.69 Å². The molecule has 0 amide bonds. The number of benzene rings is 1. The van der Waals surface area contributed by atoms with E-state index in [4.69, 9.17) is 5.11 Å². The third-order valence-electron chi connectivity index (χ3n) is 2.69. The molecule has 1 heterocycles. The lowest BCUT2D eigenvalue weighted by Gasteiger charge is -2.07. The molecule has 0 aliphatic rings. The summed E-state index contributed by atoms with van der Waals surface area (Å²) in [4.78, 5) is 22.3. The maximum absolute atomic E-state index is 13.2. The van der Waals surface area contributed by atoms with Crippen LogP contribution in [-0.4, -0.2) is 21.4 Å². The van der Waals surface area contributed by atoms with Crippen LogP contribution in [-0.2, 0) is 0 Å². The molecule has 104 valence electrons. The Morgan fingerprint density at radius 3 is 2.10 bits per heavy atom. The van der Waals surface area contributed by atoms with Crippen molar-refractivity contribution in [2.45, 2.75) is 6.92 Å². The van der Waals surface area contributed by atoms with Crippen molar-refractivity contribution in [1.29, 1.82) is 0 Å². The Morgan fingerprint density at radius 1 is 1.10 bits per heavy atom. The fourth-order valence-corrected chi connectivity index (χ4v) is 1.71. The topological polar surface area (TPSA) is 59.3 Å². The van der Waals surface area contributed by atoms with Crippen molar-refractivity contribution < 1.29 is 27.9 Å². The number of hydrogen-bond acceptors (Lipinski definition) is 2. The summed E-state index contributed by atoms with van der Waals surface area (Å²) < 4.78 is 40.2. The highest BCUT2D eigenvalue weighted by molar-refractivity contribution is 5.97. The monoisotopic (exact) mass is 283 g/mol. The molecule has 2 aromatic rings. The summed E-state index contributed by atoms with van der Waals surface area (Å²) in [5.41, 5.74) is -0.528. The molecule has 0 spiro atoms. The van der Waals surface area contributed by atoms with Crippen molar-refractivity contribution in [3.63, 3.8) is 0 Å². The number of hydrogen-bond donors (Lipinski definition) is 1. The fraction of sp³-hybridized carbons (Fsp3) is 0.0769. The van der Waals surface area contributed by atoms with Gasteiger partial charge in [-0.25, -0.2) is 18.0 Å². The van der Waals surface area contributed by atoms with Crippen LogP contribution in [0.15, 0.2) is 24.4 Å². The Balaban J connectivity index is 2.68. The van der Waals surface area contributed by atoms with E-state index >= 15 is 0 Å². The van der Waals surface area contributed by atoms with Crippen LogP contribution in [0.3, 0.4) is 0 Å². The average molecular weight is 283 g/mol. The normalized spacial score (nSPS) is 10.6. The smallest absolute Gasteiger partial charge is 0.352 e. The van der Waals surface area contributed by atoms with Crippen LogP contribution in [0.5, 0.6) is 0 Å². The minimum atomic E-state index is -1.65. The second kappa shape index (κ2) is 4.84. The van der Waals surface area contributed by atoms with Gasteiger partial charge in [0.15, 0.2) is 23.2 Å². The first-order valence-corrected chi connectivity index (χ1v) is 5.42. The molecular formula is C13H8F3NO3. The highest BCUT2D eigenvalue weighted by Gasteiger charge is 2.18. The van der Waals surface area contributed by atoms with Gasteiger partial charge in [-0.2, -0.15) is 0 Å². The quantitative estimate of drug-likeness (QED) is 0.696. The van der Waals surface area contributed by atoms with Crippen molar-refractivity contribution in [2.24, 2.45) is 0 Å². The lowest BCUT2D eigenvalue weighted by Crippen LogP contribution is -2.07. The molecule has 2 rings (SSSR count).